The highest BCUT2D eigenvalue weighted by Crippen LogP contribution is 2.34. The summed E-state index contributed by atoms with van der Waals surface area (Å²) in [6, 6.07) is 7.03. The molecule has 1 atom stereocenters. The highest BCUT2D eigenvalue weighted by atomic mass is 35.5. The van der Waals surface area contributed by atoms with Crippen LogP contribution >= 0.6 is 23.2 Å². The summed E-state index contributed by atoms with van der Waals surface area (Å²) in [6.45, 7) is 1.10. The normalized spacial score (nSPS) is 15.7. The number of nitrogens with one attached hydrogen (secondary N) is 1. The van der Waals surface area contributed by atoms with Crippen molar-refractivity contribution in [3.05, 3.63) is 50.5 Å². The first-order valence-corrected chi connectivity index (χ1v) is 8.40. The summed E-state index contributed by atoms with van der Waals surface area (Å²) in [4.78, 5) is 39.9. The van der Waals surface area contributed by atoms with Gasteiger partial charge in [0.15, 0.2) is 11.9 Å². The van der Waals surface area contributed by atoms with Crippen LogP contribution in [0.1, 0.15) is 6.92 Å². The molecule has 3 rings (SSSR count). The molecule has 11 heteroatoms. The van der Waals surface area contributed by atoms with Crippen molar-refractivity contribution < 1.29 is 19.2 Å². The Morgan fingerprint density at radius 3 is 2.74 bits per heavy atom. The van der Waals surface area contributed by atoms with E-state index in [0.29, 0.717) is 10.7 Å². The second-order valence-corrected chi connectivity index (χ2v) is 6.42. The molecule has 2 heterocycles. The standard InChI is InChI=1S/C16H12Cl2N4O5/c1-8-16(24)21(15-12(27-8)4-5-13(20-15)22(25)26)7-14(23)19-9-2-3-10(17)11(18)6-9/h2-6,8H,7H2,1H3,(H,19,23). The summed E-state index contributed by atoms with van der Waals surface area (Å²) in [6.07, 6.45) is -0.862. The van der Waals surface area contributed by atoms with Crippen molar-refractivity contribution in [1.82, 2.24) is 4.98 Å². The Bertz CT molecular complexity index is 952. The van der Waals surface area contributed by atoms with Crippen LogP contribution < -0.4 is 15.0 Å². The topological polar surface area (TPSA) is 115 Å². The molecule has 9 nitrogen and oxygen atoms in total. The van der Waals surface area contributed by atoms with E-state index in [9.17, 15) is 19.7 Å². The van der Waals surface area contributed by atoms with Crippen LogP contribution in [0.15, 0.2) is 30.3 Å². The highest BCUT2D eigenvalue weighted by molar-refractivity contribution is 6.42. The second kappa shape index (κ2) is 7.37. The first-order chi connectivity index (χ1) is 12.8. The zero-order valence-corrected chi connectivity index (χ0v) is 15.3. The lowest BCUT2D eigenvalue weighted by Gasteiger charge is -2.28. The third-order valence-corrected chi connectivity index (χ3v) is 4.43. The summed E-state index contributed by atoms with van der Waals surface area (Å²) in [7, 11) is 0. The predicted octanol–water partition coefficient (Wildman–Crippen LogP) is 3.05. The third-order valence-electron chi connectivity index (χ3n) is 3.69. The molecule has 140 valence electrons. The molecule has 2 aromatic rings. The number of anilines is 2. The van der Waals surface area contributed by atoms with E-state index in [-0.39, 0.29) is 16.6 Å². The highest BCUT2D eigenvalue weighted by Gasteiger charge is 2.37. The van der Waals surface area contributed by atoms with Crippen LogP contribution in [-0.4, -0.2) is 34.4 Å². The molecule has 1 aromatic heterocycles. The van der Waals surface area contributed by atoms with Crippen molar-refractivity contribution in [2.75, 3.05) is 16.8 Å². The Morgan fingerprint density at radius 1 is 1.33 bits per heavy atom. The zero-order valence-electron chi connectivity index (χ0n) is 13.8. The maximum absolute atomic E-state index is 12.4. The van der Waals surface area contributed by atoms with Gasteiger partial charge in [-0.05, 0) is 41.1 Å². The Hall–Kier alpha value is -2.91. The molecule has 1 unspecified atom stereocenters. The number of pyridine rings is 1. The Morgan fingerprint density at radius 2 is 2.07 bits per heavy atom. The number of nitrogens with zero attached hydrogens (tertiary/aromatic N) is 3. The molecule has 1 aromatic carbocycles. The van der Waals surface area contributed by atoms with E-state index in [4.69, 9.17) is 27.9 Å². The molecule has 0 spiro atoms. The molecule has 1 N–H and O–H groups in total. The van der Waals surface area contributed by atoms with Gasteiger partial charge in [0.1, 0.15) is 6.54 Å². The number of fused-ring (bicyclic) bond motifs is 1. The lowest BCUT2D eigenvalue weighted by Crippen LogP contribution is -2.48. The van der Waals surface area contributed by atoms with Crippen LogP contribution in [0.2, 0.25) is 10.0 Å². The molecular weight excluding hydrogens is 399 g/mol. The summed E-state index contributed by atoms with van der Waals surface area (Å²) < 4.78 is 5.40. The van der Waals surface area contributed by atoms with E-state index in [1.807, 2.05) is 0 Å². The smallest absolute Gasteiger partial charge is 0.366 e. The second-order valence-electron chi connectivity index (χ2n) is 5.61. The van der Waals surface area contributed by atoms with Crippen LogP contribution in [0.4, 0.5) is 17.3 Å². The summed E-state index contributed by atoms with van der Waals surface area (Å²) in [5.41, 5.74) is 0.385. The number of halogens is 2. The van der Waals surface area contributed by atoms with Gasteiger partial charge in [-0.2, -0.15) is 0 Å². The lowest BCUT2D eigenvalue weighted by atomic mass is 10.2. The average molecular weight is 411 g/mol. The molecule has 0 radical (unpaired) electrons. The fraction of sp³-hybridized carbons (Fsp3) is 0.188. The lowest BCUT2D eigenvalue weighted by molar-refractivity contribution is -0.389. The van der Waals surface area contributed by atoms with Gasteiger partial charge in [0.05, 0.1) is 10.0 Å². The van der Waals surface area contributed by atoms with Crippen molar-refractivity contribution in [2.45, 2.75) is 13.0 Å². The minimum absolute atomic E-state index is 0.0865. The van der Waals surface area contributed by atoms with E-state index in [1.165, 1.54) is 25.1 Å². The fourth-order valence-electron chi connectivity index (χ4n) is 2.45. The molecule has 2 amide bonds. The number of aromatic nitrogens is 1. The first-order valence-electron chi connectivity index (χ1n) is 7.64. The molecule has 1 aliphatic heterocycles. The van der Waals surface area contributed by atoms with E-state index in [0.717, 1.165) is 11.0 Å². The number of hydrogen-bond acceptors (Lipinski definition) is 6. The number of carbonyl (C=O) groups excluding carboxylic acids is 2. The van der Waals surface area contributed by atoms with Gasteiger partial charge in [0.25, 0.3) is 11.7 Å². The monoisotopic (exact) mass is 410 g/mol. The Balaban J connectivity index is 1.85. The van der Waals surface area contributed by atoms with Gasteiger partial charge in [-0.1, -0.05) is 23.2 Å². The van der Waals surface area contributed by atoms with E-state index in [2.05, 4.69) is 10.3 Å². The van der Waals surface area contributed by atoms with Crippen molar-refractivity contribution in [1.29, 1.82) is 0 Å². The predicted molar refractivity (Wildman–Crippen MR) is 98.4 cm³/mol. The first kappa shape index (κ1) is 18.9. The van der Waals surface area contributed by atoms with Crippen LogP contribution in [0.5, 0.6) is 5.75 Å². The van der Waals surface area contributed by atoms with Gasteiger partial charge < -0.3 is 20.2 Å². The maximum Gasteiger partial charge on any atom is 0.366 e. The van der Waals surface area contributed by atoms with Gasteiger partial charge in [-0.15, -0.1) is 0 Å². The molecule has 0 saturated heterocycles. The number of nitro groups is 1. The number of amides is 2. The summed E-state index contributed by atoms with van der Waals surface area (Å²) >= 11 is 11.7. The molecule has 0 fully saturated rings. The van der Waals surface area contributed by atoms with Crippen molar-refractivity contribution in [3.63, 3.8) is 0 Å². The zero-order chi connectivity index (χ0) is 19.7. The average Bonchev–Trinajstić information content (AvgIpc) is 2.61. The number of benzene rings is 1. The van der Waals surface area contributed by atoms with Crippen LogP contribution in [-0.2, 0) is 9.59 Å². The molecule has 0 saturated carbocycles. The Kier molecular flexibility index (Phi) is 5.15. The van der Waals surface area contributed by atoms with Gasteiger partial charge in [-0.3, -0.25) is 14.5 Å². The molecule has 0 bridgehead atoms. The Labute approximate surface area is 163 Å². The minimum Gasteiger partial charge on any atom is -0.475 e. The maximum atomic E-state index is 12.4. The fourth-order valence-corrected chi connectivity index (χ4v) is 2.75. The number of hydrogen-bond donors (Lipinski definition) is 1. The van der Waals surface area contributed by atoms with Crippen molar-refractivity contribution in [3.8, 4) is 5.75 Å². The molecular formula is C16H12Cl2N4O5. The quantitative estimate of drug-likeness (QED) is 0.611. The number of rotatable bonds is 4. The van der Waals surface area contributed by atoms with Crippen molar-refractivity contribution >= 4 is 52.3 Å². The number of ether oxygens (including phenoxy) is 1. The third kappa shape index (κ3) is 3.93. The van der Waals surface area contributed by atoms with Crippen LogP contribution in [0.3, 0.4) is 0 Å². The van der Waals surface area contributed by atoms with Crippen molar-refractivity contribution in [2.24, 2.45) is 0 Å². The minimum atomic E-state index is -0.862. The molecule has 27 heavy (non-hydrogen) atoms. The summed E-state index contributed by atoms with van der Waals surface area (Å²) in [5.74, 6) is -1.46. The van der Waals surface area contributed by atoms with Gasteiger partial charge in [0.2, 0.25) is 5.91 Å². The van der Waals surface area contributed by atoms with E-state index < -0.39 is 35.2 Å². The SMILES string of the molecule is CC1Oc2ccc([N+](=O)[O-])nc2N(CC(=O)Nc2ccc(Cl)c(Cl)c2)C1=O. The van der Waals surface area contributed by atoms with Crippen LogP contribution in [0.25, 0.3) is 0 Å². The number of carbonyl (C=O) groups is 2. The molecule has 1 aliphatic rings. The van der Waals surface area contributed by atoms with Gasteiger partial charge in [0, 0.05) is 11.8 Å². The van der Waals surface area contributed by atoms with Gasteiger partial charge >= 0.3 is 5.82 Å². The van der Waals surface area contributed by atoms with E-state index >= 15 is 0 Å². The van der Waals surface area contributed by atoms with E-state index in [1.54, 1.807) is 6.07 Å². The molecule has 0 aliphatic carbocycles. The largest absolute Gasteiger partial charge is 0.475 e. The van der Waals surface area contributed by atoms with Crippen LogP contribution in [0, 0.1) is 10.1 Å². The summed E-state index contributed by atoms with van der Waals surface area (Å²) in [5, 5.41) is 14.1. The van der Waals surface area contributed by atoms with Gasteiger partial charge in [-0.25, -0.2) is 0 Å².